The maximum atomic E-state index is 11.9. The smallest absolute Gasteiger partial charge is 0.222 e. The number of likely N-dealkylation sites (tertiary alicyclic amines) is 1. The van der Waals surface area contributed by atoms with Crippen LogP contribution in [-0.4, -0.2) is 23.9 Å². The Morgan fingerprint density at radius 3 is 2.36 bits per heavy atom. The van der Waals surface area contributed by atoms with E-state index in [1.54, 1.807) is 0 Å². The van der Waals surface area contributed by atoms with Gasteiger partial charge in [0.1, 0.15) is 0 Å². The minimum Gasteiger partial charge on any atom is -0.343 e. The molecule has 0 aromatic carbocycles. The lowest BCUT2D eigenvalue weighted by atomic mass is 10.1. The van der Waals surface area contributed by atoms with Crippen molar-refractivity contribution < 1.29 is 4.79 Å². The summed E-state index contributed by atoms with van der Waals surface area (Å²) in [6.45, 7) is 6.54. The first-order valence-electron chi connectivity index (χ1n) is 5.87. The second kappa shape index (κ2) is 3.56. The third-order valence-corrected chi connectivity index (χ3v) is 3.85. The van der Waals surface area contributed by atoms with Crippen molar-refractivity contribution >= 4 is 5.91 Å². The van der Waals surface area contributed by atoms with Gasteiger partial charge in [0, 0.05) is 19.5 Å². The highest BCUT2D eigenvalue weighted by molar-refractivity contribution is 5.77. The van der Waals surface area contributed by atoms with E-state index in [0.717, 1.165) is 19.5 Å². The van der Waals surface area contributed by atoms with Crippen LogP contribution in [0, 0.1) is 11.3 Å². The van der Waals surface area contributed by atoms with Crippen LogP contribution >= 0.6 is 0 Å². The lowest BCUT2D eigenvalue weighted by Crippen LogP contribution is -2.35. The van der Waals surface area contributed by atoms with E-state index in [-0.39, 0.29) is 0 Å². The average Bonchev–Trinajstić information content (AvgIpc) is 2.75. The Hall–Kier alpha value is -0.530. The predicted molar refractivity (Wildman–Crippen MR) is 56.9 cm³/mol. The molecule has 1 heterocycles. The van der Waals surface area contributed by atoms with Crippen LogP contribution in [0.15, 0.2) is 0 Å². The highest BCUT2D eigenvalue weighted by Gasteiger charge is 2.46. The van der Waals surface area contributed by atoms with Crippen molar-refractivity contribution in [2.45, 2.75) is 46.0 Å². The van der Waals surface area contributed by atoms with Gasteiger partial charge in [-0.1, -0.05) is 13.8 Å². The third kappa shape index (κ3) is 2.10. The molecule has 0 aromatic rings. The number of carbonyl (C=O) groups excluding carboxylic acids is 1. The molecule has 1 saturated carbocycles. The maximum Gasteiger partial charge on any atom is 0.222 e. The SMILES string of the molecule is CC1(C)CC1CC(=O)N1CCCCC1. The molecule has 0 N–H and O–H groups in total. The first-order valence-corrected chi connectivity index (χ1v) is 5.87. The van der Waals surface area contributed by atoms with Gasteiger partial charge in [-0.2, -0.15) is 0 Å². The van der Waals surface area contributed by atoms with Gasteiger partial charge in [0.25, 0.3) is 0 Å². The molecule has 2 fully saturated rings. The Bertz CT molecular complexity index is 228. The summed E-state index contributed by atoms with van der Waals surface area (Å²) in [4.78, 5) is 13.9. The molecule has 1 aliphatic carbocycles. The number of hydrogen-bond acceptors (Lipinski definition) is 1. The molecule has 1 atom stereocenters. The number of nitrogens with zero attached hydrogens (tertiary/aromatic N) is 1. The van der Waals surface area contributed by atoms with E-state index in [1.807, 2.05) is 0 Å². The normalized spacial score (nSPS) is 30.1. The average molecular weight is 195 g/mol. The summed E-state index contributed by atoms with van der Waals surface area (Å²) >= 11 is 0. The number of piperidine rings is 1. The van der Waals surface area contributed by atoms with E-state index in [4.69, 9.17) is 0 Å². The van der Waals surface area contributed by atoms with E-state index in [0.29, 0.717) is 17.2 Å². The lowest BCUT2D eigenvalue weighted by molar-refractivity contribution is -0.132. The summed E-state index contributed by atoms with van der Waals surface area (Å²) in [7, 11) is 0. The van der Waals surface area contributed by atoms with Gasteiger partial charge in [-0.15, -0.1) is 0 Å². The highest BCUT2D eigenvalue weighted by Crippen LogP contribution is 2.53. The van der Waals surface area contributed by atoms with Crippen LogP contribution in [0.5, 0.6) is 0 Å². The molecule has 0 spiro atoms. The van der Waals surface area contributed by atoms with Crippen LogP contribution in [0.1, 0.15) is 46.0 Å². The summed E-state index contributed by atoms with van der Waals surface area (Å²) in [5.74, 6) is 1.07. The van der Waals surface area contributed by atoms with E-state index in [9.17, 15) is 4.79 Å². The lowest BCUT2D eigenvalue weighted by Gasteiger charge is -2.26. The van der Waals surface area contributed by atoms with Crippen molar-refractivity contribution in [2.24, 2.45) is 11.3 Å². The molecule has 1 amide bonds. The minimum atomic E-state index is 0.403. The van der Waals surface area contributed by atoms with Crippen molar-refractivity contribution in [3.8, 4) is 0 Å². The minimum absolute atomic E-state index is 0.403. The second-order valence-electron chi connectivity index (χ2n) is 5.54. The van der Waals surface area contributed by atoms with Crippen LogP contribution in [0.4, 0.5) is 0 Å². The van der Waals surface area contributed by atoms with Gasteiger partial charge in [0.15, 0.2) is 0 Å². The molecular formula is C12H21NO. The maximum absolute atomic E-state index is 11.9. The van der Waals surface area contributed by atoms with Gasteiger partial charge < -0.3 is 4.90 Å². The fraction of sp³-hybridized carbons (Fsp3) is 0.917. The molecule has 2 aliphatic rings. The zero-order valence-electron chi connectivity index (χ0n) is 9.38. The molecule has 0 aromatic heterocycles. The molecule has 2 heteroatoms. The summed E-state index contributed by atoms with van der Waals surface area (Å²) in [6.07, 6.45) is 5.76. The first-order chi connectivity index (χ1) is 6.59. The van der Waals surface area contributed by atoms with Crippen molar-refractivity contribution in [3.05, 3.63) is 0 Å². The summed E-state index contributed by atoms with van der Waals surface area (Å²) in [6, 6.07) is 0. The van der Waals surface area contributed by atoms with Crippen molar-refractivity contribution in [1.29, 1.82) is 0 Å². The monoisotopic (exact) mass is 195 g/mol. The molecule has 80 valence electrons. The Morgan fingerprint density at radius 2 is 1.86 bits per heavy atom. The fourth-order valence-electron chi connectivity index (χ4n) is 2.41. The molecule has 1 aliphatic heterocycles. The zero-order valence-corrected chi connectivity index (χ0v) is 9.38. The summed E-state index contributed by atoms with van der Waals surface area (Å²) < 4.78 is 0. The molecule has 2 nitrogen and oxygen atoms in total. The molecule has 0 bridgehead atoms. The van der Waals surface area contributed by atoms with E-state index < -0.39 is 0 Å². The van der Waals surface area contributed by atoms with Gasteiger partial charge in [0.05, 0.1) is 0 Å². The largest absolute Gasteiger partial charge is 0.343 e. The number of amides is 1. The summed E-state index contributed by atoms with van der Waals surface area (Å²) in [5.41, 5.74) is 0.450. The van der Waals surface area contributed by atoms with Crippen LogP contribution in [0.2, 0.25) is 0 Å². The van der Waals surface area contributed by atoms with Crippen LogP contribution in [0.25, 0.3) is 0 Å². The number of hydrogen-bond donors (Lipinski definition) is 0. The van der Waals surface area contributed by atoms with Gasteiger partial charge in [-0.25, -0.2) is 0 Å². The quantitative estimate of drug-likeness (QED) is 0.662. The zero-order chi connectivity index (χ0) is 10.2. The van der Waals surface area contributed by atoms with Gasteiger partial charge in [-0.3, -0.25) is 4.79 Å². The van der Waals surface area contributed by atoms with E-state index in [2.05, 4.69) is 18.7 Å². The molecule has 1 unspecified atom stereocenters. The Morgan fingerprint density at radius 1 is 1.29 bits per heavy atom. The van der Waals surface area contributed by atoms with Crippen LogP contribution in [-0.2, 0) is 4.79 Å². The Labute approximate surface area is 86.7 Å². The second-order valence-corrected chi connectivity index (χ2v) is 5.54. The van der Waals surface area contributed by atoms with Gasteiger partial charge in [0.2, 0.25) is 5.91 Å². The van der Waals surface area contributed by atoms with Gasteiger partial charge in [-0.05, 0) is 37.0 Å². The molecule has 0 radical (unpaired) electrons. The van der Waals surface area contributed by atoms with Crippen LogP contribution < -0.4 is 0 Å². The molecule has 1 saturated heterocycles. The Kier molecular flexibility index (Phi) is 2.54. The van der Waals surface area contributed by atoms with Crippen LogP contribution in [0.3, 0.4) is 0 Å². The first kappa shape index (κ1) is 10.0. The van der Waals surface area contributed by atoms with E-state index in [1.165, 1.54) is 25.7 Å². The highest BCUT2D eigenvalue weighted by atomic mass is 16.2. The van der Waals surface area contributed by atoms with Gasteiger partial charge >= 0.3 is 0 Å². The Balaban J connectivity index is 1.78. The number of rotatable bonds is 2. The standard InChI is InChI=1S/C12H21NO/c1-12(2)9-10(12)8-11(14)13-6-4-3-5-7-13/h10H,3-9H2,1-2H3. The third-order valence-electron chi connectivity index (χ3n) is 3.85. The number of carbonyl (C=O) groups is 1. The predicted octanol–water partition coefficient (Wildman–Crippen LogP) is 2.44. The summed E-state index contributed by atoms with van der Waals surface area (Å²) in [5, 5.41) is 0. The van der Waals surface area contributed by atoms with E-state index >= 15 is 0 Å². The van der Waals surface area contributed by atoms with Crippen molar-refractivity contribution in [1.82, 2.24) is 4.90 Å². The molecular weight excluding hydrogens is 174 g/mol. The fourth-order valence-corrected chi connectivity index (χ4v) is 2.41. The molecule has 14 heavy (non-hydrogen) atoms. The van der Waals surface area contributed by atoms with Crippen molar-refractivity contribution in [3.63, 3.8) is 0 Å². The topological polar surface area (TPSA) is 20.3 Å². The molecule has 2 rings (SSSR count). The van der Waals surface area contributed by atoms with Crippen molar-refractivity contribution in [2.75, 3.05) is 13.1 Å².